The minimum absolute atomic E-state index is 0.511. The van der Waals surface area contributed by atoms with E-state index in [1.807, 2.05) is 78.3 Å². The Morgan fingerprint density at radius 3 is 2.16 bits per heavy atom. The average molecular weight is 565 g/mol. The lowest BCUT2D eigenvalue weighted by Gasteiger charge is -2.46. The molecule has 6 rings (SSSR count). The van der Waals surface area contributed by atoms with Crippen molar-refractivity contribution >= 4 is 53.2 Å². The Morgan fingerprint density at radius 1 is 0.868 bits per heavy atom. The summed E-state index contributed by atoms with van der Waals surface area (Å²) in [5.41, 5.74) is 3.39. The van der Waals surface area contributed by atoms with Crippen LogP contribution in [0.2, 0.25) is 10.0 Å². The predicted octanol–water partition coefficient (Wildman–Crippen LogP) is 6.83. The highest BCUT2D eigenvalue weighted by molar-refractivity contribution is 7.70. The molecule has 1 saturated heterocycles. The van der Waals surface area contributed by atoms with E-state index in [-0.39, 0.29) is 0 Å². The van der Waals surface area contributed by atoms with Crippen LogP contribution in [-0.4, -0.2) is 58.3 Å². The molecule has 2 aliphatic rings. The predicted molar refractivity (Wildman–Crippen MR) is 156 cm³/mol. The maximum Gasteiger partial charge on any atom is 0.170 e. The summed E-state index contributed by atoms with van der Waals surface area (Å²) in [5, 5.41) is 7.05. The van der Waals surface area contributed by atoms with Crippen molar-refractivity contribution in [1.29, 1.82) is 0 Å². The van der Waals surface area contributed by atoms with Gasteiger partial charge < -0.3 is 9.41 Å². The summed E-state index contributed by atoms with van der Waals surface area (Å²) < 4.78 is 17.9. The first kappa shape index (κ1) is 25.4. The van der Waals surface area contributed by atoms with Crippen LogP contribution in [0.3, 0.4) is 0 Å². The first-order valence-electron chi connectivity index (χ1n) is 12.4. The first-order valence-corrected chi connectivity index (χ1v) is 14.8. The quantitative estimate of drug-likeness (QED) is 0.255. The topological polar surface area (TPSA) is 58.3 Å². The highest BCUT2D eigenvalue weighted by Crippen LogP contribution is 2.62. The Hall–Kier alpha value is -2.93. The highest BCUT2D eigenvalue weighted by atomic mass is 35.5. The van der Waals surface area contributed by atoms with Gasteiger partial charge in [-0.1, -0.05) is 77.8 Å². The second kappa shape index (κ2) is 10.3. The van der Waals surface area contributed by atoms with Crippen LogP contribution in [0.1, 0.15) is 11.3 Å². The maximum atomic E-state index is 6.75. The molecule has 0 amide bonds. The van der Waals surface area contributed by atoms with Crippen molar-refractivity contribution in [2.75, 3.05) is 33.4 Å². The molecule has 3 aromatic carbocycles. The van der Waals surface area contributed by atoms with Crippen LogP contribution in [0.5, 0.6) is 0 Å². The molecule has 194 valence electrons. The molecule has 0 N–H and O–H groups in total. The molecular formula is C28H27Cl2N6OP. The van der Waals surface area contributed by atoms with Gasteiger partial charge in [0.1, 0.15) is 11.5 Å². The van der Waals surface area contributed by atoms with Gasteiger partial charge in [0.25, 0.3) is 0 Å². The van der Waals surface area contributed by atoms with E-state index in [2.05, 4.69) is 28.5 Å². The summed E-state index contributed by atoms with van der Waals surface area (Å²) >= 11 is 13.5. The third kappa shape index (κ3) is 4.19. The van der Waals surface area contributed by atoms with Gasteiger partial charge in [-0.2, -0.15) is 5.10 Å². The maximum absolute atomic E-state index is 6.75. The summed E-state index contributed by atoms with van der Waals surface area (Å²) in [4.78, 5) is 5.26. The molecule has 38 heavy (non-hydrogen) atoms. The van der Waals surface area contributed by atoms with Crippen LogP contribution >= 0.6 is 30.6 Å². The molecule has 0 radical (unpaired) electrons. The van der Waals surface area contributed by atoms with Crippen LogP contribution in [0.4, 0.5) is 11.5 Å². The number of aliphatic imine (C=N–C) groups is 1. The number of ether oxygens (including phenoxy) is 1. The van der Waals surface area contributed by atoms with Crippen molar-refractivity contribution in [2.24, 2.45) is 9.74 Å². The minimum atomic E-state index is -2.75. The zero-order valence-corrected chi connectivity index (χ0v) is 23.5. The molecule has 0 bridgehead atoms. The second-order valence-corrected chi connectivity index (χ2v) is 12.9. The molecule has 3 heterocycles. The van der Waals surface area contributed by atoms with Crippen LogP contribution in [0.15, 0.2) is 88.6 Å². The van der Waals surface area contributed by atoms with Gasteiger partial charge in [0.2, 0.25) is 0 Å². The molecule has 1 atom stereocenters. The van der Waals surface area contributed by atoms with E-state index < -0.39 is 7.36 Å². The average Bonchev–Trinajstić information content (AvgIpc) is 3.29. The zero-order chi connectivity index (χ0) is 26.3. The van der Waals surface area contributed by atoms with Gasteiger partial charge in [0.15, 0.2) is 13.2 Å². The third-order valence-corrected chi connectivity index (χ3v) is 11.3. The molecule has 2 aliphatic heterocycles. The Labute approximate surface area is 232 Å². The normalized spacial score (nSPS) is 19.7. The molecule has 0 aliphatic carbocycles. The number of aromatic nitrogens is 2. The number of nitrogens with zero attached hydrogens (tertiary/aromatic N) is 6. The lowest BCUT2D eigenvalue weighted by Crippen LogP contribution is -2.45. The van der Waals surface area contributed by atoms with Crippen LogP contribution in [0, 0.1) is 6.92 Å². The largest absolute Gasteiger partial charge is 0.379 e. The molecule has 1 aromatic heterocycles. The van der Waals surface area contributed by atoms with Gasteiger partial charge in [-0.25, -0.2) is 19.1 Å². The highest BCUT2D eigenvalue weighted by Gasteiger charge is 2.45. The summed E-state index contributed by atoms with van der Waals surface area (Å²) in [6, 6.07) is 25.8. The number of amidine groups is 1. The number of hydrogen-bond acceptors (Lipinski definition) is 4. The van der Waals surface area contributed by atoms with Crippen molar-refractivity contribution in [3.63, 3.8) is 0 Å². The second-order valence-electron chi connectivity index (χ2n) is 9.13. The van der Waals surface area contributed by atoms with Crippen molar-refractivity contribution < 1.29 is 4.74 Å². The summed E-state index contributed by atoms with van der Waals surface area (Å²) in [7, 11) is -0.678. The van der Waals surface area contributed by atoms with Gasteiger partial charge in [0.05, 0.1) is 39.9 Å². The zero-order valence-electron chi connectivity index (χ0n) is 21.1. The Balaban J connectivity index is 1.74. The van der Waals surface area contributed by atoms with Crippen molar-refractivity contribution in [1.82, 2.24) is 19.1 Å². The fourth-order valence-electron chi connectivity index (χ4n) is 5.07. The minimum Gasteiger partial charge on any atom is -0.379 e. The number of aryl methyl sites for hydroxylation is 1. The monoisotopic (exact) mass is 564 g/mol. The molecule has 0 spiro atoms. The first-order chi connectivity index (χ1) is 18.5. The van der Waals surface area contributed by atoms with E-state index in [1.165, 1.54) is 0 Å². The van der Waals surface area contributed by atoms with E-state index in [4.69, 9.17) is 42.8 Å². The Bertz CT molecular complexity index is 1540. The smallest absolute Gasteiger partial charge is 0.170 e. The molecule has 10 heteroatoms. The molecule has 0 unspecified atom stereocenters. The van der Waals surface area contributed by atoms with Crippen LogP contribution in [-0.2, 0) is 4.74 Å². The van der Waals surface area contributed by atoms with Crippen molar-refractivity contribution in [3.05, 3.63) is 100 Å². The number of rotatable bonds is 4. The molecule has 0 saturated carbocycles. The molecule has 7 nitrogen and oxygen atoms in total. The van der Waals surface area contributed by atoms with Gasteiger partial charge in [-0.3, -0.25) is 0 Å². The van der Waals surface area contributed by atoms with E-state index in [0.717, 1.165) is 33.9 Å². The fraction of sp³-hybridized carbons (Fsp3) is 0.214. The fourth-order valence-corrected chi connectivity index (χ4v) is 9.52. The standard InChI is InChI=1S/C28H27Cl2N6OP/c1-20-26-28(36(32-20)22-12-7-4-8-13-22)31-27(21-10-5-3-6-11-21)34(2)38(26,35-16-18-37-19-17-35)33-25-23(29)14-9-15-24(25)30/h3-15H,16-19H2,1-2H3/t38-/m1/s1. The number of hydrogen-bond donors (Lipinski definition) is 0. The van der Waals surface area contributed by atoms with Crippen LogP contribution < -0.4 is 5.30 Å². The lowest BCUT2D eigenvalue weighted by atomic mass is 10.2. The van der Waals surface area contributed by atoms with Crippen molar-refractivity contribution in [3.8, 4) is 5.69 Å². The number of halogens is 2. The van der Waals surface area contributed by atoms with Crippen molar-refractivity contribution in [2.45, 2.75) is 6.92 Å². The summed E-state index contributed by atoms with van der Waals surface area (Å²) in [6.45, 7) is 4.68. The molecular weight excluding hydrogens is 538 g/mol. The Kier molecular flexibility index (Phi) is 6.89. The van der Waals surface area contributed by atoms with E-state index in [0.29, 0.717) is 42.0 Å². The number of para-hydroxylation sites is 1. The Morgan fingerprint density at radius 2 is 1.50 bits per heavy atom. The SMILES string of the molecule is Cc1nn(-c2ccccc2)c2c1[P@](=Nc1c(Cl)cccc1Cl)(N1CCOCC1)N(C)C(c1ccccc1)=N2. The van der Waals surface area contributed by atoms with Gasteiger partial charge in [-0.05, 0) is 31.2 Å². The van der Waals surface area contributed by atoms with E-state index in [9.17, 15) is 0 Å². The van der Waals surface area contributed by atoms with Gasteiger partial charge in [-0.15, -0.1) is 0 Å². The summed E-state index contributed by atoms with van der Waals surface area (Å²) in [6.07, 6.45) is 0. The molecule has 4 aromatic rings. The van der Waals surface area contributed by atoms with Gasteiger partial charge in [0, 0.05) is 25.7 Å². The number of fused-ring (bicyclic) bond motifs is 1. The van der Waals surface area contributed by atoms with E-state index in [1.54, 1.807) is 0 Å². The van der Waals surface area contributed by atoms with E-state index >= 15 is 0 Å². The lowest BCUT2D eigenvalue weighted by molar-refractivity contribution is 0.0732. The van der Waals surface area contributed by atoms with Gasteiger partial charge >= 0.3 is 0 Å². The van der Waals surface area contributed by atoms with Crippen LogP contribution in [0.25, 0.3) is 5.69 Å². The third-order valence-electron chi connectivity index (χ3n) is 6.83. The molecule has 1 fully saturated rings. The summed E-state index contributed by atoms with van der Waals surface area (Å²) in [5.74, 6) is 1.60. The number of benzene rings is 3. The number of morpholine rings is 1.